The van der Waals surface area contributed by atoms with Crippen molar-refractivity contribution >= 4 is 11.8 Å². The fourth-order valence-corrected chi connectivity index (χ4v) is 4.20. The zero-order chi connectivity index (χ0) is 23.0. The third kappa shape index (κ3) is 4.01. The number of aryl methyl sites for hydroxylation is 2. The summed E-state index contributed by atoms with van der Waals surface area (Å²) >= 11 is 0. The molecule has 0 bridgehead atoms. The molecule has 3 aromatic rings. The highest BCUT2D eigenvalue weighted by atomic mass is 19.2. The first-order valence-corrected chi connectivity index (χ1v) is 10.1. The SMILES string of the molecule is Cc1c(-c2cnn(C)c2)cn(C)c1NC(=O)N[C@@H]1CN(C#N)CC1c1ccc(F)c(F)c1. The normalized spacial score (nSPS) is 17.9. The summed E-state index contributed by atoms with van der Waals surface area (Å²) in [5.41, 5.74) is 3.30. The minimum Gasteiger partial charge on any atom is -0.337 e. The van der Waals surface area contributed by atoms with Gasteiger partial charge in [-0.25, -0.2) is 13.6 Å². The standard InChI is InChI=1S/C22H23F2N7O/c1-13-16(15-7-26-30(3)8-15)9-29(2)21(13)28-22(32)27-20-11-31(12-25)10-17(20)14-4-5-18(23)19(24)6-14/h4-9,17,20H,10-11H2,1-3H3,(H2,27,28,32)/t17?,20-/m1/s1. The van der Waals surface area contributed by atoms with E-state index in [1.165, 1.54) is 11.0 Å². The van der Waals surface area contributed by atoms with Crippen molar-refractivity contribution in [2.45, 2.75) is 18.9 Å². The molecule has 1 aliphatic heterocycles. The summed E-state index contributed by atoms with van der Waals surface area (Å²) in [4.78, 5) is 14.3. The number of carbonyl (C=O) groups is 1. The Morgan fingerprint density at radius 1 is 1.22 bits per heavy atom. The molecule has 0 saturated carbocycles. The number of anilines is 1. The Morgan fingerprint density at radius 2 is 2.00 bits per heavy atom. The summed E-state index contributed by atoms with van der Waals surface area (Å²) in [5, 5.41) is 19.3. The van der Waals surface area contributed by atoms with Crippen LogP contribution in [0.3, 0.4) is 0 Å². The Bertz CT molecular complexity index is 1210. The van der Waals surface area contributed by atoms with Crippen LogP contribution in [0.25, 0.3) is 11.1 Å². The average molecular weight is 439 g/mol. The number of hydrogen-bond donors (Lipinski definition) is 2. The summed E-state index contributed by atoms with van der Waals surface area (Å²) in [7, 11) is 3.67. The van der Waals surface area contributed by atoms with Crippen LogP contribution in [0.5, 0.6) is 0 Å². The number of nitriles is 1. The van der Waals surface area contributed by atoms with Gasteiger partial charge in [-0.1, -0.05) is 6.07 Å². The minimum atomic E-state index is -0.955. The number of amides is 2. The molecule has 166 valence electrons. The molecule has 4 rings (SSSR count). The minimum absolute atomic E-state index is 0.278. The van der Waals surface area contributed by atoms with Crippen LogP contribution in [0.15, 0.2) is 36.8 Å². The van der Waals surface area contributed by atoms with E-state index in [-0.39, 0.29) is 12.5 Å². The average Bonchev–Trinajstić information content (AvgIpc) is 3.44. The van der Waals surface area contributed by atoms with Gasteiger partial charge in [-0.2, -0.15) is 10.4 Å². The number of nitrogens with one attached hydrogen (secondary N) is 2. The Morgan fingerprint density at radius 3 is 2.66 bits per heavy atom. The number of nitrogens with zero attached hydrogens (tertiary/aromatic N) is 5. The third-order valence-electron chi connectivity index (χ3n) is 5.83. The van der Waals surface area contributed by atoms with Gasteiger partial charge in [0.1, 0.15) is 5.82 Å². The summed E-state index contributed by atoms with van der Waals surface area (Å²) in [6.07, 6.45) is 7.64. The van der Waals surface area contributed by atoms with E-state index in [2.05, 4.69) is 21.9 Å². The molecule has 1 aliphatic rings. The highest BCUT2D eigenvalue weighted by Crippen LogP contribution is 2.31. The zero-order valence-corrected chi connectivity index (χ0v) is 17.9. The Balaban J connectivity index is 1.52. The van der Waals surface area contributed by atoms with Crippen molar-refractivity contribution < 1.29 is 13.6 Å². The molecule has 2 N–H and O–H groups in total. The molecule has 0 aliphatic carbocycles. The highest BCUT2D eigenvalue weighted by molar-refractivity contribution is 5.91. The monoisotopic (exact) mass is 439 g/mol. The lowest BCUT2D eigenvalue weighted by Crippen LogP contribution is -2.42. The third-order valence-corrected chi connectivity index (χ3v) is 5.83. The molecule has 1 unspecified atom stereocenters. The van der Waals surface area contributed by atoms with Crippen LogP contribution in [-0.2, 0) is 14.1 Å². The molecule has 1 fully saturated rings. The van der Waals surface area contributed by atoms with Crippen molar-refractivity contribution in [3.8, 4) is 17.3 Å². The fourth-order valence-electron chi connectivity index (χ4n) is 4.20. The number of halogens is 2. The van der Waals surface area contributed by atoms with Crippen molar-refractivity contribution in [1.29, 1.82) is 5.26 Å². The lowest BCUT2D eigenvalue weighted by molar-refractivity contribution is 0.247. The van der Waals surface area contributed by atoms with E-state index >= 15 is 0 Å². The summed E-state index contributed by atoms with van der Waals surface area (Å²) in [5.74, 6) is -1.62. The topological polar surface area (TPSA) is 90.9 Å². The number of carbonyl (C=O) groups excluding carboxylic acids is 1. The quantitative estimate of drug-likeness (QED) is 0.612. The lowest BCUT2D eigenvalue weighted by Gasteiger charge is -2.20. The van der Waals surface area contributed by atoms with Gasteiger partial charge in [-0.3, -0.25) is 10.00 Å². The van der Waals surface area contributed by atoms with Gasteiger partial charge in [0, 0.05) is 56.6 Å². The predicted octanol–water partition coefficient (Wildman–Crippen LogP) is 3.08. The van der Waals surface area contributed by atoms with Gasteiger partial charge in [0.05, 0.1) is 12.2 Å². The number of rotatable bonds is 4. The van der Waals surface area contributed by atoms with Crippen LogP contribution in [0.1, 0.15) is 17.0 Å². The molecular weight excluding hydrogens is 416 g/mol. The summed E-state index contributed by atoms with van der Waals surface area (Å²) < 4.78 is 30.6. The van der Waals surface area contributed by atoms with E-state index < -0.39 is 23.7 Å². The molecule has 2 aromatic heterocycles. The first kappa shape index (κ1) is 21.4. The van der Waals surface area contributed by atoms with E-state index in [9.17, 15) is 18.8 Å². The van der Waals surface area contributed by atoms with Crippen LogP contribution >= 0.6 is 0 Å². The van der Waals surface area contributed by atoms with Crippen molar-refractivity contribution in [3.63, 3.8) is 0 Å². The first-order valence-electron chi connectivity index (χ1n) is 10.1. The highest BCUT2D eigenvalue weighted by Gasteiger charge is 2.35. The van der Waals surface area contributed by atoms with E-state index in [0.717, 1.165) is 28.8 Å². The van der Waals surface area contributed by atoms with Gasteiger partial charge >= 0.3 is 6.03 Å². The maximum atomic E-state index is 13.8. The van der Waals surface area contributed by atoms with Gasteiger partial charge < -0.3 is 14.8 Å². The number of hydrogen-bond acceptors (Lipinski definition) is 4. The van der Waals surface area contributed by atoms with Gasteiger partial charge in [-0.05, 0) is 30.2 Å². The molecule has 2 atom stereocenters. The maximum Gasteiger partial charge on any atom is 0.320 e. The number of likely N-dealkylation sites (tertiary alicyclic amines) is 1. The molecule has 1 saturated heterocycles. The largest absolute Gasteiger partial charge is 0.337 e. The molecule has 8 nitrogen and oxygen atoms in total. The van der Waals surface area contributed by atoms with E-state index in [1.807, 2.05) is 38.0 Å². The van der Waals surface area contributed by atoms with Crippen molar-refractivity contribution in [3.05, 3.63) is 59.6 Å². The van der Waals surface area contributed by atoms with Gasteiger partial charge in [0.15, 0.2) is 17.8 Å². The van der Waals surface area contributed by atoms with Crippen LogP contribution in [-0.4, -0.2) is 44.4 Å². The Kier molecular flexibility index (Phi) is 5.57. The summed E-state index contributed by atoms with van der Waals surface area (Å²) in [6.45, 7) is 2.50. The number of aromatic nitrogens is 3. The molecule has 1 aromatic carbocycles. The first-order chi connectivity index (χ1) is 15.3. The van der Waals surface area contributed by atoms with Crippen molar-refractivity contribution in [2.75, 3.05) is 18.4 Å². The van der Waals surface area contributed by atoms with Gasteiger partial charge in [0.25, 0.3) is 0 Å². The molecular formula is C22H23F2N7O. The fraction of sp³-hybridized carbons (Fsp3) is 0.318. The van der Waals surface area contributed by atoms with Gasteiger partial charge in [0.2, 0.25) is 0 Å². The van der Waals surface area contributed by atoms with Crippen LogP contribution in [0.4, 0.5) is 19.4 Å². The molecule has 3 heterocycles. The number of urea groups is 1. The van der Waals surface area contributed by atoms with E-state index in [1.54, 1.807) is 10.9 Å². The second kappa shape index (κ2) is 8.34. The Hall–Kier alpha value is -3.87. The zero-order valence-electron chi connectivity index (χ0n) is 17.9. The van der Waals surface area contributed by atoms with Crippen molar-refractivity contribution in [2.24, 2.45) is 14.1 Å². The second-order valence-corrected chi connectivity index (χ2v) is 8.02. The van der Waals surface area contributed by atoms with Crippen LogP contribution in [0.2, 0.25) is 0 Å². The van der Waals surface area contributed by atoms with Crippen molar-refractivity contribution in [1.82, 2.24) is 24.6 Å². The molecule has 2 amide bonds. The van der Waals surface area contributed by atoms with E-state index in [0.29, 0.717) is 17.9 Å². The lowest BCUT2D eigenvalue weighted by atomic mass is 9.94. The smallest absolute Gasteiger partial charge is 0.320 e. The molecule has 10 heteroatoms. The van der Waals surface area contributed by atoms with Crippen LogP contribution < -0.4 is 10.6 Å². The predicted molar refractivity (Wildman–Crippen MR) is 115 cm³/mol. The maximum absolute atomic E-state index is 13.8. The number of benzene rings is 1. The molecule has 0 spiro atoms. The summed E-state index contributed by atoms with van der Waals surface area (Å²) in [6, 6.07) is 2.78. The van der Waals surface area contributed by atoms with E-state index in [4.69, 9.17) is 0 Å². The second-order valence-electron chi connectivity index (χ2n) is 8.02. The van der Waals surface area contributed by atoms with Crippen LogP contribution in [0, 0.1) is 30.0 Å². The van der Waals surface area contributed by atoms with Gasteiger partial charge in [-0.15, -0.1) is 0 Å². The molecule has 0 radical (unpaired) electrons. The Labute approximate surface area is 184 Å². The molecule has 32 heavy (non-hydrogen) atoms.